The number of hydrogen-bond acceptors (Lipinski definition) is 4. The summed E-state index contributed by atoms with van der Waals surface area (Å²) in [6, 6.07) is -0.869. The van der Waals surface area contributed by atoms with Crippen molar-refractivity contribution in [2.45, 2.75) is 25.3 Å². The first-order valence-corrected chi connectivity index (χ1v) is 5.13. The Labute approximate surface area is 85.4 Å². The third-order valence-electron chi connectivity index (χ3n) is 2.00. The lowest BCUT2D eigenvalue weighted by molar-refractivity contribution is -0.149. The van der Waals surface area contributed by atoms with Crippen molar-refractivity contribution in [3.63, 3.8) is 0 Å². The van der Waals surface area contributed by atoms with Crippen molar-refractivity contribution in [3.8, 4) is 0 Å². The first kappa shape index (κ1) is 11.0. The molecule has 14 heavy (non-hydrogen) atoms. The number of carbonyl (C=O) groups excluding carboxylic acids is 2. The molecule has 0 aromatic carbocycles. The van der Waals surface area contributed by atoms with Crippen LogP contribution in [0.5, 0.6) is 0 Å². The Kier molecular flexibility index (Phi) is 3.15. The van der Waals surface area contributed by atoms with Crippen LogP contribution in [0.4, 0.5) is 0 Å². The fraction of sp³-hybridized carbons (Fsp3) is 0.625. The summed E-state index contributed by atoms with van der Waals surface area (Å²) in [5, 5.41) is 8.18. The van der Waals surface area contributed by atoms with Crippen LogP contribution in [-0.4, -0.2) is 44.8 Å². The number of ketones is 1. The molecule has 0 aromatic rings. The molecule has 5 nitrogen and oxygen atoms in total. The monoisotopic (exact) mass is 217 g/mol. The van der Waals surface area contributed by atoms with Gasteiger partial charge in [0.05, 0.1) is 0 Å². The van der Waals surface area contributed by atoms with E-state index in [1.807, 2.05) is 0 Å². The second kappa shape index (κ2) is 4.00. The number of hydrogen-bond donors (Lipinski definition) is 1. The standard InChI is InChI=1S/C8H11NO4S/c1-4(10)7-9(5(2)11)6(3-14-7)8(12)13/h6-7H,3H2,1-2H3,(H,12,13). The molecule has 2 atom stereocenters. The smallest absolute Gasteiger partial charge is 0.327 e. The predicted molar refractivity (Wildman–Crippen MR) is 50.9 cm³/mol. The van der Waals surface area contributed by atoms with Crippen molar-refractivity contribution in [2.75, 3.05) is 5.75 Å². The van der Waals surface area contributed by atoms with E-state index in [1.54, 1.807) is 0 Å². The molecule has 1 fully saturated rings. The molecule has 1 amide bonds. The van der Waals surface area contributed by atoms with Crippen LogP contribution < -0.4 is 0 Å². The summed E-state index contributed by atoms with van der Waals surface area (Å²) in [6.07, 6.45) is 0. The molecule has 0 radical (unpaired) electrons. The molecule has 78 valence electrons. The van der Waals surface area contributed by atoms with E-state index in [0.29, 0.717) is 0 Å². The van der Waals surface area contributed by atoms with Gasteiger partial charge in [0.2, 0.25) is 5.91 Å². The van der Waals surface area contributed by atoms with Gasteiger partial charge in [0, 0.05) is 12.7 Å². The van der Waals surface area contributed by atoms with E-state index in [9.17, 15) is 14.4 Å². The number of amides is 1. The molecule has 1 saturated heterocycles. The average molecular weight is 217 g/mol. The molecular formula is C8H11NO4S. The summed E-state index contributed by atoms with van der Waals surface area (Å²) in [4.78, 5) is 34.2. The number of carboxylic acids is 1. The van der Waals surface area contributed by atoms with Gasteiger partial charge in [-0.2, -0.15) is 0 Å². The SMILES string of the molecule is CC(=O)C1SCC(C(=O)O)N1C(C)=O. The molecule has 2 unspecified atom stereocenters. The molecule has 1 heterocycles. The molecular weight excluding hydrogens is 206 g/mol. The van der Waals surface area contributed by atoms with Crippen molar-refractivity contribution < 1.29 is 19.5 Å². The molecule has 1 rings (SSSR count). The average Bonchev–Trinajstić information content (AvgIpc) is 2.46. The summed E-state index contributed by atoms with van der Waals surface area (Å²) in [7, 11) is 0. The van der Waals surface area contributed by atoms with Crippen LogP contribution in [0.25, 0.3) is 0 Å². The molecule has 0 saturated carbocycles. The van der Waals surface area contributed by atoms with Crippen LogP contribution in [0.1, 0.15) is 13.8 Å². The van der Waals surface area contributed by atoms with Gasteiger partial charge in [-0.3, -0.25) is 9.59 Å². The van der Waals surface area contributed by atoms with E-state index in [1.165, 1.54) is 25.6 Å². The minimum absolute atomic E-state index is 0.186. The van der Waals surface area contributed by atoms with Crippen LogP contribution in [0.3, 0.4) is 0 Å². The predicted octanol–water partition coefficient (Wildman–Crippen LogP) is -0.0500. The second-order valence-electron chi connectivity index (χ2n) is 3.08. The summed E-state index contributed by atoms with van der Waals surface area (Å²) >= 11 is 1.20. The van der Waals surface area contributed by atoms with Gasteiger partial charge >= 0.3 is 5.97 Å². The fourth-order valence-electron chi connectivity index (χ4n) is 1.39. The van der Waals surface area contributed by atoms with Crippen LogP contribution in [0.15, 0.2) is 0 Å². The lowest BCUT2D eigenvalue weighted by Crippen LogP contribution is -2.46. The van der Waals surface area contributed by atoms with E-state index in [-0.39, 0.29) is 17.4 Å². The zero-order chi connectivity index (χ0) is 10.9. The zero-order valence-corrected chi connectivity index (χ0v) is 8.71. The number of carboxylic acid groups (broad SMARTS) is 1. The Balaban J connectivity index is 2.90. The van der Waals surface area contributed by atoms with Gasteiger partial charge in [-0.15, -0.1) is 11.8 Å². The summed E-state index contributed by atoms with van der Waals surface area (Å²) in [6.45, 7) is 2.63. The van der Waals surface area contributed by atoms with E-state index in [0.717, 1.165) is 4.90 Å². The lowest BCUT2D eigenvalue weighted by Gasteiger charge is -2.23. The minimum Gasteiger partial charge on any atom is -0.480 e. The Bertz CT molecular complexity index is 269. The van der Waals surface area contributed by atoms with Crippen molar-refractivity contribution >= 4 is 29.4 Å². The molecule has 1 aliphatic rings. The molecule has 0 aliphatic carbocycles. The maximum absolute atomic E-state index is 11.2. The molecule has 0 spiro atoms. The summed E-state index contributed by atoms with van der Waals surface area (Å²) in [5.41, 5.74) is 0. The number of nitrogens with zero attached hydrogens (tertiary/aromatic N) is 1. The Morgan fingerprint density at radius 1 is 1.36 bits per heavy atom. The van der Waals surface area contributed by atoms with Gasteiger partial charge in [0.25, 0.3) is 0 Å². The minimum atomic E-state index is -1.06. The fourth-order valence-corrected chi connectivity index (χ4v) is 2.75. The molecule has 1 aliphatic heterocycles. The molecule has 6 heteroatoms. The number of thioether (sulfide) groups is 1. The Morgan fingerprint density at radius 3 is 2.29 bits per heavy atom. The third kappa shape index (κ3) is 1.89. The first-order chi connectivity index (χ1) is 6.45. The van der Waals surface area contributed by atoms with Gasteiger partial charge in [-0.05, 0) is 6.92 Å². The topological polar surface area (TPSA) is 74.7 Å². The van der Waals surface area contributed by atoms with Crippen LogP contribution in [0, 0.1) is 0 Å². The maximum Gasteiger partial charge on any atom is 0.327 e. The van der Waals surface area contributed by atoms with Crippen LogP contribution in [-0.2, 0) is 14.4 Å². The zero-order valence-electron chi connectivity index (χ0n) is 7.89. The van der Waals surface area contributed by atoms with Crippen LogP contribution in [0.2, 0.25) is 0 Å². The molecule has 0 bridgehead atoms. The number of rotatable bonds is 2. The van der Waals surface area contributed by atoms with Crippen molar-refractivity contribution in [1.29, 1.82) is 0 Å². The normalized spacial score (nSPS) is 26.3. The quantitative estimate of drug-likeness (QED) is 0.702. The van der Waals surface area contributed by atoms with E-state index in [4.69, 9.17) is 5.11 Å². The van der Waals surface area contributed by atoms with Crippen molar-refractivity contribution in [1.82, 2.24) is 4.90 Å². The van der Waals surface area contributed by atoms with Crippen molar-refractivity contribution in [2.24, 2.45) is 0 Å². The highest BCUT2D eigenvalue weighted by Gasteiger charge is 2.42. The number of Topliss-reactive ketones (excluding diaryl/α,β-unsaturated/α-hetero) is 1. The van der Waals surface area contributed by atoms with Gasteiger partial charge in [0.15, 0.2) is 5.78 Å². The number of carbonyl (C=O) groups is 3. The van der Waals surface area contributed by atoms with Crippen molar-refractivity contribution in [3.05, 3.63) is 0 Å². The van der Waals surface area contributed by atoms with Gasteiger partial charge < -0.3 is 10.0 Å². The largest absolute Gasteiger partial charge is 0.480 e. The molecule has 1 N–H and O–H groups in total. The lowest BCUT2D eigenvalue weighted by atomic mass is 10.2. The second-order valence-corrected chi connectivity index (χ2v) is 4.19. The highest BCUT2D eigenvalue weighted by Crippen LogP contribution is 2.29. The van der Waals surface area contributed by atoms with Gasteiger partial charge in [0.1, 0.15) is 11.4 Å². The Hall–Kier alpha value is -1.04. The Morgan fingerprint density at radius 2 is 1.93 bits per heavy atom. The highest BCUT2D eigenvalue weighted by atomic mass is 32.2. The number of aliphatic carboxylic acids is 1. The molecule has 0 aromatic heterocycles. The maximum atomic E-state index is 11.2. The van der Waals surface area contributed by atoms with Gasteiger partial charge in [-0.25, -0.2) is 4.79 Å². The summed E-state index contributed by atoms with van der Waals surface area (Å²) < 4.78 is 0. The first-order valence-electron chi connectivity index (χ1n) is 4.09. The third-order valence-corrected chi connectivity index (χ3v) is 3.38. The van der Waals surface area contributed by atoms with Crippen LogP contribution >= 0.6 is 11.8 Å². The van der Waals surface area contributed by atoms with Gasteiger partial charge in [-0.1, -0.05) is 0 Å². The van der Waals surface area contributed by atoms with E-state index >= 15 is 0 Å². The van der Waals surface area contributed by atoms with E-state index < -0.39 is 17.4 Å². The summed E-state index contributed by atoms with van der Waals surface area (Å²) in [5.74, 6) is -1.34. The van der Waals surface area contributed by atoms with E-state index in [2.05, 4.69) is 0 Å². The highest BCUT2D eigenvalue weighted by molar-refractivity contribution is 8.00.